The summed E-state index contributed by atoms with van der Waals surface area (Å²) in [5, 5.41) is 11.2. The molecule has 1 rings (SSSR count). The van der Waals surface area contributed by atoms with Gasteiger partial charge >= 0.3 is 0 Å². The summed E-state index contributed by atoms with van der Waals surface area (Å²) in [6, 6.07) is 7.20. The van der Waals surface area contributed by atoms with E-state index >= 15 is 0 Å². The van der Waals surface area contributed by atoms with Gasteiger partial charge in [-0.25, -0.2) is 0 Å². The highest BCUT2D eigenvalue weighted by molar-refractivity contribution is 5.79. The van der Waals surface area contributed by atoms with Crippen molar-refractivity contribution < 1.29 is 10.0 Å². The van der Waals surface area contributed by atoms with Crippen LogP contribution in [-0.4, -0.2) is 17.7 Å². The summed E-state index contributed by atoms with van der Waals surface area (Å²) in [7, 11) is 0. The Bertz CT molecular complexity index is 399. The third-order valence-corrected chi connectivity index (χ3v) is 1.51. The summed E-state index contributed by atoms with van der Waals surface area (Å²) in [6.45, 7) is 0. The van der Waals surface area contributed by atoms with Crippen LogP contribution in [0.3, 0.4) is 0 Å². The fourth-order valence-electron chi connectivity index (χ4n) is 0.958. The van der Waals surface area contributed by atoms with E-state index in [2.05, 4.69) is 17.0 Å². The predicted octanol–water partition coefficient (Wildman–Crippen LogP) is 1.44. The van der Waals surface area contributed by atoms with Gasteiger partial charge in [0.15, 0.2) is 0 Å². The Kier molecular flexibility index (Phi) is 3.96. The first-order valence-electron chi connectivity index (χ1n) is 4.07. The largest absolute Gasteiger partial charge is 0.411 e. The summed E-state index contributed by atoms with van der Waals surface area (Å²) >= 11 is 0. The molecule has 0 fully saturated rings. The number of aldehydes is 1. The molecular formula is C11H9NO2. The number of rotatable bonds is 2. The first kappa shape index (κ1) is 10.0. The lowest BCUT2D eigenvalue weighted by atomic mass is 10.1. The highest BCUT2D eigenvalue weighted by Gasteiger charge is 1.89. The molecule has 1 N–H and O–H groups in total. The standard InChI is InChI=1S/C11H9NO2/c13-7-2-1-4-10-5-3-6-11(8-10)9-12-14/h3,5-9,14H,2H2. The van der Waals surface area contributed by atoms with Gasteiger partial charge in [0.25, 0.3) is 0 Å². The molecule has 0 aliphatic heterocycles. The SMILES string of the molecule is O=CCC#Cc1cccc(C=NO)c1. The molecule has 3 heteroatoms. The van der Waals surface area contributed by atoms with E-state index in [0.717, 1.165) is 17.4 Å². The molecule has 0 saturated heterocycles. The molecule has 0 heterocycles. The Labute approximate surface area is 82.1 Å². The second-order valence-corrected chi connectivity index (χ2v) is 2.54. The first-order chi connectivity index (χ1) is 6.86. The Morgan fingerprint density at radius 2 is 2.36 bits per heavy atom. The zero-order valence-electron chi connectivity index (χ0n) is 7.47. The van der Waals surface area contributed by atoms with Crippen LogP contribution in [0.2, 0.25) is 0 Å². The summed E-state index contributed by atoms with van der Waals surface area (Å²) < 4.78 is 0. The molecule has 0 aliphatic carbocycles. The molecule has 0 radical (unpaired) electrons. The molecule has 0 spiro atoms. The zero-order valence-corrected chi connectivity index (χ0v) is 7.47. The van der Waals surface area contributed by atoms with Crippen LogP contribution in [0, 0.1) is 11.8 Å². The smallest absolute Gasteiger partial charge is 0.131 e. The van der Waals surface area contributed by atoms with Gasteiger partial charge in [-0.1, -0.05) is 29.1 Å². The maximum absolute atomic E-state index is 10.0. The number of hydrogen-bond acceptors (Lipinski definition) is 3. The summed E-state index contributed by atoms with van der Waals surface area (Å²) in [6.07, 6.45) is 2.31. The van der Waals surface area contributed by atoms with Crippen LogP contribution >= 0.6 is 0 Å². The minimum atomic E-state index is 0.234. The van der Waals surface area contributed by atoms with E-state index in [1.54, 1.807) is 12.1 Å². The fourth-order valence-corrected chi connectivity index (χ4v) is 0.958. The van der Waals surface area contributed by atoms with Crippen molar-refractivity contribution in [2.45, 2.75) is 6.42 Å². The second kappa shape index (κ2) is 5.55. The lowest BCUT2D eigenvalue weighted by Crippen LogP contribution is -1.82. The van der Waals surface area contributed by atoms with Gasteiger partial charge in [0.1, 0.15) is 6.29 Å². The van der Waals surface area contributed by atoms with E-state index in [-0.39, 0.29) is 6.42 Å². The van der Waals surface area contributed by atoms with Gasteiger partial charge in [0, 0.05) is 5.56 Å². The summed E-state index contributed by atoms with van der Waals surface area (Å²) in [5.74, 6) is 5.52. The molecule has 0 aromatic heterocycles. The van der Waals surface area contributed by atoms with Crippen LogP contribution < -0.4 is 0 Å². The monoisotopic (exact) mass is 187 g/mol. The van der Waals surface area contributed by atoms with Crippen molar-refractivity contribution in [3.05, 3.63) is 35.4 Å². The maximum atomic E-state index is 10.0. The number of oxime groups is 1. The van der Waals surface area contributed by atoms with Crippen LogP contribution in [0.25, 0.3) is 0 Å². The van der Waals surface area contributed by atoms with Gasteiger partial charge in [0.2, 0.25) is 0 Å². The van der Waals surface area contributed by atoms with Crippen LogP contribution in [0.1, 0.15) is 17.5 Å². The number of benzene rings is 1. The molecule has 0 bridgehead atoms. The van der Waals surface area contributed by atoms with E-state index in [4.69, 9.17) is 5.21 Å². The van der Waals surface area contributed by atoms with E-state index in [1.165, 1.54) is 6.21 Å². The zero-order chi connectivity index (χ0) is 10.2. The number of hydrogen-bond donors (Lipinski definition) is 1. The van der Waals surface area contributed by atoms with Crippen molar-refractivity contribution in [1.29, 1.82) is 0 Å². The van der Waals surface area contributed by atoms with Crippen molar-refractivity contribution in [1.82, 2.24) is 0 Å². The van der Waals surface area contributed by atoms with E-state index in [9.17, 15) is 4.79 Å². The fraction of sp³-hybridized carbons (Fsp3) is 0.0909. The van der Waals surface area contributed by atoms with Crippen LogP contribution in [0.4, 0.5) is 0 Å². The Balaban J connectivity index is 2.84. The summed E-state index contributed by atoms with van der Waals surface area (Å²) in [5.41, 5.74) is 1.56. The number of carbonyl (C=O) groups excluding carboxylic acids is 1. The van der Waals surface area contributed by atoms with Crippen molar-refractivity contribution in [3.8, 4) is 11.8 Å². The number of nitrogens with zero attached hydrogens (tertiary/aromatic N) is 1. The molecule has 1 aromatic carbocycles. The van der Waals surface area contributed by atoms with Gasteiger partial charge in [-0.15, -0.1) is 0 Å². The van der Waals surface area contributed by atoms with Gasteiger partial charge in [-0.3, -0.25) is 0 Å². The third kappa shape index (κ3) is 3.11. The number of carbonyl (C=O) groups is 1. The topological polar surface area (TPSA) is 49.7 Å². The predicted molar refractivity (Wildman–Crippen MR) is 53.4 cm³/mol. The molecule has 14 heavy (non-hydrogen) atoms. The van der Waals surface area contributed by atoms with Crippen LogP contribution in [0.15, 0.2) is 29.4 Å². The molecule has 0 aliphatic rings. The van der Waals surface area contributed by atoms with Crippen molar-refractivity contribution >= 4 is 12.5 Å². The van der Waals surface area contributed by atoms with Gasteiger partial charge in [0.05, 0.1) is 12.6 Å². The van der Waals surface area contributed by atoms with Gasteiger partial charge in [-0.05, 0) is 17.7 Å². The highest BCUT2D eigenvalue weighted by Crippen LogP contribution is 2.01. The minimum absolute atomic E-state index is 0.234. The molecule has 0 unspecified atom stereocenters. The van der Waals surface area contributed by atoms with E-state index in [0.29, 0.717) is 0 Å². The molecule has 70 valence electrons. The maximum Gasteiger partial charge on any atom is 0.131 e. The Hall–Kier alpha value is -2.08. The second-order valence-electron chi connectivity index (χ2n) is 2.54. The van der Waals surface area contributed by atoms with Gasteiger partial charge in [-0.2, -0.15) is 0 Å². The van der Waals surface area contributed by atoms with Crippen LogP contribution in [-0.2, 0) is 4.79 Å². The normalized spacial score (nSPS) is 9.43. The third-order valence-electron chi connectivity index (χ3n) is 1.51. The lowest BCUT2D eigenvalue weighted by Gasteiger charge is -1.92. The van der Waals surface area contributed by atoms with Crippen molar-refractivity contribution in [2.24, 2.45) is 5.16 Å². The van der Waals surface area contributed by atoms with Crippen molar-refractivity contribution in [3.63, 3.8) is 0 Å². The first-order valence-corrected chi connectivity index (χ1v) is 4.07. The van der Waals surface area contributed by atoms with E-state index in [1.807, 2.05) is 12.1 Å². The highest BCUT2D eigenvalue weighted by atomic mass is 16.4. The summed E-state index contributed by atoms with van der Waals surface area (Å²) in [4.78, 5) is 10.0. The Morgan fingerprint density at radius 3 is 3.07 bits per heavy atom. The van der Waals surface area contributed by atoms with Crippen LogP contribution in [0.5, 0.6) is 0 Å². The van der Waals surface area contributed by atoms with Crippen molar-refractivity contribution in [2.75, 3.05) is 0 Å². The van der Waals surface area contributed by atoms with Gasteiger partial charge < -0.3 is 10.0 Å². The average Bonchev–Trinajstić information content (AvgIpc) is 2.19. The molecule has 1 aromatic rings. The average molecular weight is 187 g/mol. The lowest BCUT2D eigenvalue weighted by molar-refractivity contribution is -0.107. The quantitative estimate of drug-likeness (QED) is 0.250. The minimum Gasteiger partial charge on any atom is -0.411 e. The molecule has 0 amide bonds. The molecular weight excluding hydrogens is 178 g/mol. The molecule has 3 nitrogen and oxygen atoms in total. The Morgan fingerprint density at radius 1 is 1.50 bits per heavy atom. The van der Waals surface area contributed by atoms with E-state index < -0.39 is 0 Å². The molecule has 0 saturated carbocycles. The molecule has 0 atom stereocenters.